The molecule has 0 aliphatic heterocycles. The Morgan fingerprint density at radius 3 is 2.40 bits per heavy atom. The molecule has 0 fully saturated rings. The van der Waals surface area contributed by atoms with E-state index in [0.717, 1.165) is 34.4 Å². The van der Waals surface area contributed by atoms with Gasteiger partial charge in [0.05, 0.1) is 10.4 Å². The van der Waals surface area contributed by atoms with E-state index in [1.807, 2.05) is 61.5 Å². The standard InChI is InChI=1S/C26H23N5O3S/c1-3-19-14-25(23-15-20(35(2,32)33)12-13-24(23)27-19)34-16-17-8-10-18(11-9-17)21-6-4-5-7-22(21)26-28-30-31-29-26/h4-15H,3,16H2,1-2H3,(H,28,29,30,31). The van der Waals surface area contributed by atoms with Gasteiger partial charge in [-0.2, -0.15) is 5.21 Å². The Balaban J connectivity index is 1.42. The lowest BCUT2D eigenvalue weighted by Crippen LogP contribution is -2.01. The molecule has 0 aliphatic rings. The number of nitrogens with one attached hydrogen (secondary N) is 1. The lowest BCUT2D eigenvalue weighted by Gasteiger charge is -2.13. The van der Waals surface area contributed by atoms with Crippen LogP contribution in [-0.4, -0.2) is 40.3 Å². The number of pyridine rings is 1. The van der Waals surface area contributed by atoms with Crippen molar-refractivity contribution in [2.24, 2.45) is 0 Å². The third-order valence-corrected chi connectivity index (χ3v) is 6.87. The zero-order valence-electron chi connectivity index (χ0n) is 19.3. The number of sulfone groups is 1. The van der Waals surface area contributed by atoms with Crippen LogP contribution in [0.1, 0.15) is 18.2 Å². The second-order valence-electron chi connectivity index (χ2n) is 8.18. The van der Waals surface area contributed by atoms with Gasteiger partial charge in [0.2, 0.25) is 5.82 Å². The number of tetrazole rings is 1. The van der Waals surface area contributed by atoms with E-state index in [-0.39, 0.29) is 4.90 Å². The molecule has 0 saturated carbocycles. The van der Waals surface area contributed by atoms with Gasteiger partial charge in [-0.25, -0.2) is 8.42 Å². The predicted molar refractivity (Wildman–Crippen MR) is 134 cm³/mol. The van der Waals surface area contributed by atoms with Gasteiger partial charge in [0, 0.05) is 29.0 Å². The normalized spacial score (nSPS) is 11.6. The van der Waals surface area contributed by atoms with Gasteiger partial charge in [-0.1, -0.05) is 55.5 Å². The van der Waals surface area contributed by atoms with Gasteiger partial charge in [0.15, 0.2) is 9.84 Å². The molecule has 0 radical (unpaired) electrons. The number of benzene rings is 3. The van der Waals surface area contributed by atoms with Crippen molar-refractivity contribution in [3.05, 3.63) is 84.1 Å². The van der Waals surface area contributed by atoms with Crippen LogP contribution in [0, 0.1) is 0 Å². The first-order chi connectivity index (χ1) is 16.9. The third-order valence-electron chi connectivity index (χ3n) is 5.76. The molecule has 5 aromatic rings. The summed E-state index contributed by atoms with van der Waals surface area (Å²) in [6.07, 6.45) is 1.94. The lowest BCUT2D eigenvalue weighted by molar-refractivity contribution is 0.309. The number of hydrogen-bond donors (Lipinski definition) is 1. The Labute approximate surface area is 202 Å². The van der Waals surface area contributed by atoms with E-state index in [4.69, 9.17) is 4.74 Å². The molecule has 0 saturated heterocycles. The van der Waals surface area contributed by atoms with Gasteiger partial charge in [-0.15, -0.1) is 10.2 Å². The molecule has 0 amide bonds. The van der Waals surface area contributed by atoms with Gasteiger partial charge >= 0.3 is 0 Å². The van der Waals surface area contributed by atoms with E-state index in [1.165, 1.54) is 6.26 Å². The summed E-state index contributed by atoms with van der Waals surface area (Å²) in [4.78, 5) is 4.86. The van der Waals surface area contributed by atoms with E-state index in [2.05, 4.69) is 25.6 Å². The highest BCUT2D eigenvalue weighted by Gasteiger charge is 2.14. The number of aromatic nitrogens is 5. The maximum absolute atomic E-state index is 12.1. The Morgan fingerprint density at radius 1 is 0.943 bits per heavy atom. The molecule has 176 valence electrons. The molecular formula is C26H23N5O3S. The SMILES string of the molecule is CCc1cc(OCc2ccc(-c3ccccc3-c3nn[nH]n3)cc2)c2cc(S(C)(=O)=O)ccc2n1. The number of rotatable bonds is 7. The summed E-state index contributed by atoms with van der Waals surface area (Å²) in [6.45, 7) is 2.35. The van der Waals surface area contributed by atoms with E-state index in [0.29, 0.717) is 29.1 Å². The summed E-state index contributed by atoms with van der Waals surface area (Å²) in [7, 11) is -3.34. The average molecular weight is 486 g/mol. The molecule has 0 aliphatic carbocycles. The fourth-order valence-electron chi connectivity index (χ4n) is 3.90. The molecule has 0 bridgehead atoms. The highest BCUT2D eigenvalue weighted by Crippen LogP contribution is 2.31. The largest absolute Gasteiger partial charge is 0.488 e. The van der Waals surface area contributed by atoms with Crippen LogP contribution in [0.15, 0.2) is 77.7 Å². The summed E-state index contributed by atoms with van der Waals surface area (Å²) < 4.78 is 30.3. The zero-order chi connectivity index (χ0) is 24.4. The quantitative estimate of drug-likeness (QED) is 0.358. The molecule has 5 rings (SSSR count). The number of aromatic amines is 1. The van der Waals surface area contributed by atoms with Crippen LogP contribution in [0.25, 0.3) is 33.4 Å². The fraction of sp³-hybridized carbons (Fsp3) is 0.154. The van der Waals surface area contributed by atoms with E-state index in [1.54, 1.807) is 18.2 Å². The Morgan fingerprint density at radius 2 is 1.71 bits per heavy atom. The van der Waals surface area contributed by atoms with Crippen molar-refractivity contribution in [1.82, 2.24) is 25.6 Å². The summed E-state index contributed by atoms with van der Waals surface area (Å²) in [5, 5.41) is 15.0. The second-order valence-corrected chi connectivity index (χ2v) is 10.2. The minimum Gasteiger partial charge on any atom is -0.488 e. The number of fused-ring (bicyclic) bond motifs is 1. The van der Waals surface area contributed by atoms with Crippen LogP contribution < -0.4 is 4.74 Å². The molecule has 35 heavy (non-hydrogen) atoms. The lowest BCUT2D eigenvalue weighted by atomic mass is 9.98. The third kappa shape index (κ3) is 4.76. The molecule has 2 heterocycles. The molecule has 8 nitrogen and oxygen atoms in total. The molecule has 0 atom stereocenters. The van der Waals surface area contributed by atoms with Gasteiger partial charge in [-0.05, 0) is 46.5 Å². The van der Waals surface area contributed by atoms with Crippen LogP contribution in [-0.2, 0) is 22.9 Å². The molecular weight excluding hydrogens is 462 g/mol. The monoisotopic (exact) mass is 485 g/mol. The van der Waals surface area contributed by atoms with Crippen molar-refractivity contribution in [1.29, 1.82) is 0 Å². The molecule has 2 aromatic heterocycles. The van der Waals surface area contributed by atoms with Crippen molar-refractivity contribution < 1.29 is 13.2 Å². The molecule has 9 heteroatoms. The highest BCUT2D eigenvalue weighted by molar-refractivity contribution is 7.90. The van der Waals surface area contributed by atoms with Crippen LogP contribution in [0.3, 0.4) is 0 Å². The van der Waals surface area contributed by atoms with Crippen molar-refractivity contribution in [2.45, 2.75) is 24.8 Å². The number of hydrogen-bond acceptors (Lipinski definition) is 7. The summed E-state index contributed by atoms with van der Waals surface area (Å²) >= 11 is 0. The Kier molecular flexibility index (Phi) is 6.00. The molecule has 0 unspecified atom stereocenters. The van der Waals surface area contributed by atoms with Crippen LogP contribution in [0.4, 0.5) is 0 Å². The Hall–Kier alpha value is -4.11. The molecule has 0 spiro atoms. The van der Waals surface area contributed by atoms with E-state index >= 15 is 0 Å². The number of H-pyrrole nitrogens is 1. The highest BCUT2D eigenvalue weighted by atomic mass is 32.2. The van der Waals surface area contributed by atoms with E-state index in [9.17, 15) is 8.42 Å². The first-order valence-corrected chi connectivity index (χ1v) is 13.0. The Bertz CT molecular complexity index is 1600. The first-order valence-electron chi connectivity index (χ1n) is 11.1. The number of ether oxygens (including phenoxy) is 1. The van der Waals surface area contributed by atoms with Crippen molar-refractivity contribution in [2.75, 3.05) is 6.26 Å². The fourth-order valence-corrected chi connectivity index (χ4v) is 4.55. The van der Waals surface area contributed by atoms with Crippen molar-refractivity contribution >= 4 is 20.7 Å². The number of nitrogens with zero attached hydrogens (tertiary/aromatic N) is 4. The minimum atomic E-state index is -3.34. The maximum Gasteiger partial charge on any atom is 0.205 e. The second kappa shape index (κ2) is 9.27. The van der Waals surface area contributed by atoms with Gasteiger partial charge < -0.3 is 4.74 Å². The van der Waals surface area contributed by atoms with Gasteiger partial charge in [0.25, 0.3) is 0 Å². The predicted octanol–water partition coefficient (Wildman–Crippen LogP) is 4.63. The maximum atomic E-state index is 12.1. The van der Waals surface area contributed by atoms with Crippen LogP contribution in [0.5, 0.6) is 5.75 Å². The van der Waals surface area contributed by atoms with Gasteiger partial charge in [0.1, 0.15) is 12.4 Å². The smallest absolute Gasteiger partial charge is 0.205 e. The minimum absolute atomic E-state index is 0.241. The topological polar surface area (TPSA) is 111 Å². The summed E-state index contributed by atoms with van der Waals surface area (Å²) in [5.74, 6) is 1.15. The van der Waals surface area contributed by atoms with E-state index < -0.39 is 9.84 Å². The van der Waals surface area contributed by atoms with Gasteiger partial charge in [-0.3, -0.25) is 4.98 Å². The summed E-state index contributed by atoms with van der Waals surface area (Å²) in [6, 6.07) is 22.8. The summed E-state index contributed by atoms with van der Waals surface area (Å²) in [5.41, 5.74) is 5.49. The zero-order valence-corrected chi connectivity index (χ0v) is 20.1. The van der Waals surface area contributed by atoms with Crippen LogP contribution in [0.2, 0.25) is 0 Å². The molecule has 1 N–H and O–H groups in total. The van der Waals surface area contributed by atoms with Crippen molar-refractivity contribution in [3.63, 3.8) is 0 Å². The van der Waals surface area contributed by atoms with Crippen LogP contribution >= 0.6 is 0 Å². The van der Waals surface area contributed by atoms with Crippen molar-refractivity contribution in [3.8, 4) is 28.3 Å². The molecule has 3 aromatic carbocycles. The average Bonchev–Trinajstić information content (AvgIpc) is 3.41. The number of aryl methyl sites for hydroxylation is 1. The first kappa shape index (κ1) is 22.7.